The van der Waals surface area contributed by atoms with Crippen molar-refractivity contribution in [2.75, 3.05) is 13.1 Å². The molecule has 2 atom stereocenters. The van der Waals surface area contributed by atoms with Crippen LogP contribution in [0, 0.1) is 0 Å². The molecule has 4 nitrogen and oxygen atoms in total. The Labute approximate surface area is 58.9 Å². The van der Waals surface area contributed by atoms with Crippen LogP contribution in [0.3, 0.4) is 0 Å². The highest BCUT2D eigenvalue weighted by molar-refractivity contribution is 5.70. The molecule has 0 bridgehead atoms. The van der Waals surface area contributed by atoms with Crippen LogP contribution in [-0.4, -0.2) is 31.3 Å². The molecule has 0 aromatic rings. The van der Waals surface area contributed by atoms with Crippen LogP contribution in [-0.2, 0) is 4.74 Å². The van der Waals surface area contributed by atoms with Gasteiger partial charge in [-0.2, -0.15) is 0 Å². The van der Waals surface area contributed by atoms with Gasteiger partial charge in [-0.3, -0.25) is 0 Å². The molecular weight excluding hydrogens is 132 g/mol. The molecule has 4 heteroatoms. The average molecular weight is 142 g/mol. The third kappa shape index (κ3) is 0.844. The van der Waals surface area contributed by atoms with Crippen molar-refractivity contribution >= 4 is 6.09 Å². The Kier molecular flexibility index (Phi) is 1.27. The summed E-state index contributed by atoms with van der Waals surface area (Å²) in [5.41, 5.74) is 0. The van der Waals surface area contributed by atoms with Crippen molar-refractivity contribution in [1.82, 2.24) is 10.6 Å². The minimum atomic E-state index is -0.265. The number of carbonyl (C=O) groups excluding carboxylic acids is 1. The Hall–Kier alpha value is -0.770. The minimum absolute atomic E-state index is 0.0706. The van der Waals surface area contributed by atoms with E-state index in [1.54, 1.807) is 0 Å². The molecule has 0 aromatic heterocycles. The first-order valence-electron chi connectivity index (χ1n) is 3.54. The summed E-state index contributed by atoms with van der Waals surface area (Å²) < 4.78 is 4.95. The van der Waals surface area contributed by atoms with E-state index in [4.69, 9.17) is 4.74 Å². The number of hydrogen-bond acceptors (Lipinski definition) is 3. The van der Waals surface area contributed by atoms with Gasteiger partial charge in [-0.05, 0) is 13.0 Å². The fourth-order valence-electron chi connectivity index (χ4n) is 1.44. The van der Waals surface area contributed by atoms with Gasteiger partial charge in [0.05, 0.1) is 6.04 Å². The molecule has 0 saturated carbocycles. The molecule has 0 aliphatic carbocycles. The van der Waals surface area contributed by atoms with Crippen molar-refractivity contribution in [2.45, 2.75) is 18.6 Å². The van der Waals surface area contributed by atoms with E-state index in [2.05, 4.69) is 10.6 Å². The van der Waals surface area contributed by atoms with Crippen LogP contribution in [0.1, 0.15) is 6.42 Å². The molecule has 1 amide bonds. The first kappa shape index (κ1) is 5.97. The number of amides is 1. The number of nitrogens with one attached hydrogen (secondary N) is 2. The summed E-state index contributed by atoms with van der Waals surface area (Å²) in [6, 6.07) is 0.258. The van der Waals surface area contributed by atoms with E-state index < -0.39 is 0 Å². The highest BCUT2D eigenvalue weighted by Crippen LogP contribution is 2.13. The Morgan fingerprint density at radius 2 is 2.50 bits per heavy atom. The normalized spacial score (nSPS) is 38.2. The van der Waals surface area contributed by atoms with Crippen LogP contribution in [0.5, 0.6) is 0 Å². The summed E-state index contributed by atoms with van der Waals surface area (Å²) in [5.74, 6) is 0. The van der Waals surface area contributed by atoms with E-state index >= 15 is 0 Å². The van der Waals surface area contributed by atoms with Crippen molar-refractivity contribution < 1.29 is 9.53 Å². The maximum absolute atomic E-state index is 10.6. The van der Waals surface area contributed by atoms with Crippen molar-refractivity contribution in [3.8, 4) is 0 Å². The van der Waals surface area contributed by atoms with Gasteiger partial charge in [-0.15, -0.1) is 0 Å². The first-order chi connectivity index (χ1) is 4.86. The zero-order chi connectivity index (χ0) is 6.97. The van der Waals surface area contributed by atoms with Gasteiger partial charge in [-0.1, -0.05) is 0 Å². The highest BCUT2D eigenvalue weighted by Gasteiger charge is 2.35. The van der Waals surface area contributed by atoms with Gasteiger partial charge < -0.3 is 15.4 Å². The zero-order valence-corrected chi connectivity index (χ0v) is 5.59. The lowest BCUT2D eigenvalue weighted by atomic mass is 10.1. The van der Waals surface area contributed by atoms with Crippen molar-refractivity contribution in [3.63, 3.8) is 0 Å². The Morgan fingerprint density at radius 3 is 3.30 bits per heavy atom. The van der Waals surface area contributed by atoms with Gasteiger partial charge >= 0.3 is 6.09 Å². The lowest BCUT2D eigenvalue weighted by Gasteiger charge is -2.22. The molecular formula is C6H10N2O2. The van der Waals surface area contributed by atoms with E-state index in [-0.39, 0.29) is 18.2 Å². The Morgan fingerprint density at radius 1 is 1.60 bits per heavy atom. The predicted molar refractivity (Wildman–Crippen MR) is 34.7 cm³/mol. The summed E-state index contributed by atoms with van der Waals surface area (Å²) in [5, 5.41) is 5.91. The first-order valence-corrected chi connectivity index (χ1v) is 3.54. The standard InChI is InChI=1S/C6H10N2O2/c9-6-8-4-1-2-7-3-5(4)10-6/h4-5,7H,1-3H2,(H,8,9)/t4-,5+/m0/s1. The molecule has 0 radical (unpaired) electrons. The maximum Gasteiger partial charge on any atom is 0.407 e. The number of alkyl carbamates (subject to hydrolysis) is 1. The summed E-state index contributed by atoms with van der Waals surface area (Å²) in [6.45, 7) is 1.77. The second-order valence-electron chi connectivity index (χ2n) is 2.69. The largest absolute Gasteiger partial charge is 0.443 e. The lowest BCUT2D eigenvalue weighted by Crippen LogP contribution is -2.45. The summed E-state index contributed by atoms with van der Waals surface area (Å²) in [7, 11) is 0. The SMILES string of the molecule is O=C1N[C@H]2CCNC[C@H]2O1. The summed E-state index contributed by atoms with van der Waals surface area (Å²) >= 11 is 0. The van der Waals surface area contributed by atoms with Gasteiger partial charge in [0.15, 0.2) is 0 Å². The van der Waals surface area contributed by atoms with E-state index in [1.807, 2.05) is 0 Å². The number of hydrogen-bond donors (Lipinski definition) is 2. The quantitative estimate of drug-likeness (QED) is 0.477. The average Bonchev–Trinajstić information content (AvgIpc) is 2.27. The van der Waals surface area contributed by atoms with Gasteiger partial charge in [-0.25, -0.2) is 4.79 Å². The van der Waals surface area contributed by atoms with Crippen molar-refractivity contribution in [3.05, 3.63) is 0 Å². The molecule has 0 spiro atoms. The maximum atomic E-state index is 10.6. The van der Waals surface area contributed by atoms with Crippen LogP contribution < -0.4 is 10.6 Å². The van der Waals surface area contributed by atoms with Crippen LogP contribution in [0.25, 0.3) is 0 Å². The molecule has 2 aliphatic rings. The molecule has 2 saturated heterocycles. The molecule has 2 N–H and O–H groups in total. The molecule has 56 valence electrons. The third-order valence-electron chi connectivity index (χ3n) is 1.99. The molecule has 0 aromatic carbocycles. The summed E-state index contributed by atoms with van der Waals surface area (Å²) in [6.07, 6.45) is 0.788. The van der Waals surface area contributed by atoms with Crippen molar-refractivity contribution in [2.24, 2.45) is 0 Å². The number of carbonyl (C=O) groups is 1. The topological polar surface area (TPSA) is 50.4 Å². The number of piperidine rings is 1. The number of fused-ring (bicyclic) bond motifs is 1. The third-order valence-corrected chi connectivity index (χ3v) is 1.99. The van der Waals surface area contributed by atoms with Crippen molar-refractivity contribution in [1.29, 1.82) is 0 Å². The van der Waals surface area contributed by atoms with Gasteiger partial charge in [0.2, 0.25) is 0 Å². The van der Waals surface area contributed by atoms with E-state index in [1.165, 1.54) is 0 Å². The molecule has 0 unspecified atom stereocenters. The molecule has 2 fully saturated rings. The second kappa shape index (κ2) is 2.12. The predicted octanol–water partition coefficient (Wildman–Crippen LogP) is -0.543. The molecule has 2 heterocycles. The fourth-order valence-corrected chi connectivity index (χ4v) is 1.44. The zero-order valence-electron chi connectivity index (χ0n) is 5.59. The van der Waals surface area contributed by atoms with Crippen LogP contribution in [0.4, 0.5) is 4.79 Å². The van der Waals surface area contributed by atoms with Crippen LogP contribution >= 0.6 is 0 Å². The van der Waals surface area contributed by atoms with E-state index in [0.717, 1.165) is 19.5 Å². The fraction of sp³-hybridized carbons (Fsp3) is 0.833. The smallest absolute Gasteiger partial charge is 0.407 e. The highest BCUT2D eigenvalue weighted by atomic mass is 16.6. The van der Waals surface area contributed by atoms with Gasteiger partial charge in [0, 0.05) is 6.54 Å². The number of ether oxygens (including phenoxy) is 1. The Balaban J connectivity index is 2.04. The monoisotopic (exact) mass is 142 g/mol. The number of rotatable bonds is 0. The molecule has 2 rings (SSSR count). The summed E-state index contributed by atoms with van der Waals surface area (Å²) in [4.78, 5) is 10.6. The second-order valence-corrected chi connectivity index (χ2v) is 2.69. The van der Waals surface area contributed by atoms with Crippen LogP contribution in [0.15, 0.2) is 0 Å². The molecule has 2 aliphatic heterocycles. The van der Waals surface area contributed by atoms with E-state index in [9.17, 15) is 4.79 Å². The Bertz CT molecular complexity index is 144. The van der Waals surface area contributed by atoms with Crippen LogP contribution in [0.2, 0.25) is 0 Å². The minimum Gasteiger partial charge on any atom is -0.443 e. The van der Waals surface area contributed by atoms with E-state index in [0.29, 0.717) is 0 Å². The molecule has 10 heavy (non-hydrogen) atoms. The lowest BCUT2D eigenvalue weighted by molar-refractivity contribution is 0.121. The van der Waals surface area contributed by atoms with Gasteiger partial charge in [0.25, 0.3) is 0 Å². The van der Waals surface area contributed by atoms with Gasteiger partial charge in [0.1, 0.15) is 6.10 Å².